The Labute approximate surface area is 109 Å². The monoisotopic (exact) mass is 253 g/mol. The summed E-state index contributed by atoms with van der Waals surface area (Å²) < 4.78 is 10.8. The molecule has 0 fully saturated rings. The van der Waals surface area contributed by atoms with Crippen molar-refractivity contribution in [2.75, 3.05) is 26.4 Å². The highest BCUT2D eigenvalue weighted by molar-refractivity contribution is 5.21. The van der Waals surface area contributed by atoms with Crippen molar-refractivity contribution in [3.05, 3.63) is 18.1 Å². The van der Waals surface area contributed by atoms with Crippen LogP contribution in [0.3, 0.4) is 0 Å². The predicted octanol–water partition coefficient (Wildman–Crippen LogP) is 1.64. The minimum absolute atomic E-state index is 0.516. The number of ether oxygens (including phenoxy) is 2. The molecular formula is C13H23N3O2. The van der Waals surface area contributed by atoms with Crippen LogP contribution >= 0.6 is 0 Å². The summed E-state index contributed by atoms with van der Waals surface area (Å²) in [5.74, 6) is 1.26. The molecule has 1 heterocycles. The van der Waals surface area contributed by atoms with Gasteiger partial charge in [-0.3, -0.25) is 0 Å². The van der Waals surface area contributed by atoms with Gasteiger partial charge in [-0.1, -0.05) is 13.8 Å². The normalized spacial score (nSPS) is 10.9. The Morgan fingerprint density at radius 3 is 2.89 bits per heavy atom. The maximum atomic E-state index is 5.58. The zero-order valence-corrected chi connectivity index (χ0v) is 11.5. The molecule has 0 aliphatic rings. The SMILES string of the molecule is CCOCCOc1ncncc1CNCC(C)C. The second kappa shape index (κ2) is 8.83. The van der Waals surface area contributed by atoms with Crippen molar-refractivity contribution in [3.8, 4) is 5.88 Å². The molecule has 0 aromatic carbocycles. The van der Waals surface area contributed by atoms with Gasteiger partial charge in [0.25, 0.3) is 0 Å². The van der Waals surface area contributed by atoms with Gasteiger partial charge < -0.3 is 14.8 Å². The molecule has 0 saturated heterocycles. The maximum Gasteiger partial charge on any atom is 0.221 e. The third-order valence-electron chi connectivity index (χ3n) is 2.29. The molecule has 1 rings (SSSR count). The molecule has 1 N–H and O–H groups in total. The lowest BCUT2D eigenvalue weighted by Crippen LogP contribution is -2.20. The van der Waals surface area contributed by atoms with Crippen LogP contribution in [0.15, 0.2) is 12.5 Å². The largest absolute Gasteiger partial charge is 0.475 e. The van der Waals surface area contributed by atoms with E-state index in [4.69, 9.17) is 9.47 Å². The molecule has 1 aromatic heterocycles. The molecule has 0 bridgehead atoms. The summed E-state index contributed by atoms with van der Waals surface area (Å²) in [6.45, 7) is 9.81. The summed E-state index contributed by atoms with van der Waals surface area (Å²) in [5, 5.41) is 3.35. The Bertz CT molecular complexity index is 332. The fourth-order valence-corrected chi connectivity index (χ4v) is 1.44. The molecule has 0 radical (unpaired) electrons. The van der Waals surface area contributed by atoms with Crippen LogP contribution in [-0.2, 0) is 11.3 Å². The molecule has 5 nitrogen and oxygen atoms in total. The molecule has 0 amide bonds. The lowest BCUT2D eigenvalue weighted by molar-refractivity contribution is 0.108. The molecule has 0 spiro atoms. The Kier molecular flexibility index (Phi) is 7.29. The topological polar surface area (TPSA) is 56.3 Å². The number of rotatable bonds is 9. The lowest BCUT2D eigenvalue weighted by Gasteiger charge is -2.11. The van der Waals surface area contributed by atoms with Crippen LogP contribution in [0, 0.1) is 5.92 Å². The van der Waals surface area contributed by atoms with Gasteiger partial charge in [-0.2, -0.15) is 0 Å². The molecule has 0 unspecified atom stereocenters. The Hall–Kier alpha value is -1.20. The molecule has 1 aromatic rings. The second-order valence-electron chi connectivity index (χ2n) is 4.42. The summed E-state index contributed by atoms with van der Waals surface area (Å²) in [6.07, 6.45) is 3.29. The predicted molar refractivity (Wildman–Crippen MR) is 70.6 cm³/mol. The van der Waals surface area contributed by atoms with Crippen molar-refractivity contribution in [2.24, 2.45) is 5.92 Å². The first-order valence-electron chi connectivity index (χ1n) is 6.44. The third kappa shape index (κ3) is 5.93. The van der Waals surface area contributed by atoms with E-state index in [0.29, 0.717) is 31.6 Å². The van der Waals surface area contributed by atoms with E-state index in [2.05, 4.69) is 29.1 Å². The highest BCUT2D eigenvalue weighted by atomic mass is 16.5. The average molecular weight is 253 g/mol. The van der Waals surface area contributed by atoms with E-state index in [1.807, 2.05) is 6.92 Å². The van der Waals surface area contributed by atoms with E-state index in [9.17, 15) is 0 Å². The number of aromatic nitrogens is 2. The number of nitrogens with zero attached hydrogens (tertiary/aromatic N) is 2. The molecule has 18 heavy (non-hydrogen) atoms. The van der Waals surface area contributed by atoms with Gasteiger partial charge in [-0.05, 0) is 19.4 Å². The number of nitrogens with one attached hydrogen (secondary N) is 1. The first-order valence-corrected chi connectivity index (χ1v) is 6.44. The minimum Gasteiger partial charge on any atom is -0.475 e. The van der Waals surface area contributed by atoms with Crippen molar-refractivity contribution < 1.29 is 9.47 Å². The van der Waals surface area contributed by atoms with Gasteiger partial charge in [0.15, 0.2) is 0 Å². The summed E-state index contributed by atoms with van der Waals surface area (Å²) in [7, 11) is 0. The molecule has 0 aliphatic heterocycles. The van der Waals surface area contributed by atoms with E-state index in [1.54, 1.807) is 6.20 Å². The van der Waals surface area contributed by atoms with Crippen molar-refractivity contribution in [3.63, 3.8) is 0 Å². The first-order chi connectivity index (χ1) is 8.74. The number of hydrogen-bond acceptors (Lipinski definition) is 5. The van der Waals surface area contributed by atoms with E-state index >= 15 is 0 Å². The van der Waals surface area contributed by atoms with Gasteiger partial charge in [0.1, 0.15) is 12.9 Å². The van der Waals surface area contributed by atoms with E-state index in [0.717, 1.165) is 18.7 Å². The van der Waals surface area contributed by atoms with Crippen molar-refractivity contribution in [2.45, 2.75) is 27.3 Å². The molecule has 0 saturated carbocycles. The van der Waals surface area contributed by atoms with Crippen molar-refractivity contribution in [1.29, 1.82) is 0 Å². The van der Waals surface area contributed by atoms with Crippen LogP contribution in [0.2, 0.25) is 0 Å². The Morgan fingerprint density at radius 1 is 1.33 bits per heavy atom. The number of hydrogen-bond donors (Lipinski definition) is 1. The fourth-order valence-electron chi connectivity index (χ4n) is 1.44. The first kappa shape index (κ1) is 14.9. The second-order valence-corrected chi connectivity index (χ2v) is 4.42. The van der Waals surface area contributed by atoms with Crippen LogP contribution in [0.25, 0.3) is 0 Å². The average Bonchev–Trinajstić information content (AvgIpc) is 2.36. The van der Waals surface area contributed by atoms with E-state index in [-0.39, 0.29) is 0 Å². The molecule has 5 heteroatoms. The van der Waals surface area contributed by atoms with Gasteiger partial charge in [0.2, 0.25) is 5.88 Å². The Morgan fingerprint density at radius 2 is 2.17 bits per heavy atom. The van der Waals surface area contributed by atoms with Gasteiger partial charge in [0, 0.05) is 24.9 Å². The zero-order chi connectivity index (χ0) is 13.2. The quantitative estimate of drug-likeness (QED) is 0.678. The molecule has 0 aliphatic carbocycles. The molecular weight excluding hydrogens is 230 g/mol. The van der Waals surface area contributed by atoms with Crippen molar-refractivity contribution in [1.82, 2.24) is 15.3 Å². The van der Waals surface area contributed by atoms with Crippen LogP contribution < -0.4 is 10.1 Å². The van der Waals surface area contributed by atoms with Gasteiger partial charge in [-0.25, -0.2) is 9.97 Å². The van der Waals surface area contributed by atoms with Gasteiger partial charge >= 0.3 is 0 Å². The lowest BCUT2D eigenvalue weighted by atomic mass is 10.2. The van der Waals surface area contributed by atoms with Gasteiger partial charge in [0.05, 0.1) is 6.61 Å². The summed E-state index contributed by atoms with van der Waals surface area (Å²) >= 11 is 0. The zero-order valence-electron chi connectivity index (χ0n) is 11.5. The summed E-state index contributed by atoms with van der Waals surface area (Å²) in [6, 6.07) is 0. The highest BCUT2D eigenvalue weighted by Gasteiger charge is 2.05. The summed E-state index contributed by atoms with van der Waals surface area (Å²) in [5.41, 5.74) is 0.981. The van der Waals surface area contributed by atoms with Gasteiger partial charge in [-0.15, -0.1) is 0 Å². The van der Waals surface area contributed by atoms with E-state index in [1.165, 1.54) is 6.33 Å². The molecule has 102 valence electrons. The van der Waals surface area contributed by atoms with Crippen LogP contribution in [-0.4, -0.2) is 36.3 Å². The minimum atomic E-state index is 0.516. The smallest absolute Gasteiger partial charge is 0.221 e. The standard InChI is InChI=1S/C13H23N3O2/c1-4-17-5-6-18-13-12(9-15-10-16-13)8-14-7-11(2)3/h9-11,14H,4-8H2,1-3H3. The fraction of sp³-hybridized carbons (Fsp3) is 0.692. The van der Waals surface area contributed by atoms with Crippen LogP contribution in [0.1, 0.15) is 26.3 Å². The highest BCUT2D eigenvalue weighted by Crippen LogP contribution is 2.12. The van der Waals surface area contributed by atoms with Crippen molar-refractivity contribution >= 4 is 0 Å². The molecule has 0 atom stereocenters. The van der Waals surface area contributed by atoms with Crippen LogP contribution in [0.5, 0.6) is 5.88 Å². The summed E-state index contributed by atoms with van der Waals surface area (Å²) in [4.78, 5) is 8.17. The Balaban J connectivity index is 2.40. The van der Waals surface area contributed by atoms with Crippen LogP contribution in [0.4, 0.5) is 0 Å². The third-order valence-corrected chi connectivity index (χ3v) is 2.29. The maximum absolute atomic E-state index is 5.58. The van der Waals surface area contributed by atoms with E-state index < -0.39 is 0 Å².